The Morgan fingerprint density at radius 1 is 0.806 bits per heavy atom. The third-order valence-electron chi connectivity index (χ3n) is 18.3. The van der Waals surface area contributed by atoms with Crippen molar-refractivity contribution in [2.24, 2.45) is 17.3 Å². The second kappa shape index (κ2) is 18.3. The summed E-state index contributed by atoms with van der Waals surface area (Å²) in [6, 6.07) is 18.0. The van der Waals surface area contributed by atoms with Gasteiger partial charge in [0.15, 0.2) is 5.82 Å². The molecule has 2 aliphatic carbocycles. The van der Waals surface area contributed by atoms with Crippen LogP contribution in [-0.4, -0.2) is 129 Å². The third-order valence-corrected chi connectivity index (χ3v) is 18.3. The molecule has 0 radical (unpaired) electrons. The maximum atomic E-state index is 15.3. The number of pyridine rings is 1. The molecule has 2 N–H and O–H groups in total. The summed E-state index contributed by atoms with van der Waals surface area (Å²) in [6.07, 6.45) is 13.4. The van der Waals surface area contributed by atoms with Crippen molar-refractivity contribution in [2.45, 2.75) is 147 Å². The Morgan fingerprint density at radius 3 is 2.24 bits per heavy atom. The predicted octanol–water partition coefficient (Wildman–Crippen LogP) is 7.40. The van der Waals surface area contributed by atoms with Gasteiger partial charge in [0.2, 0.25) is 29.5 Å². The molecule has 15 heteroatoms. The highest BCUT2D eigenvalue weighted by Crippen LogP contribution is 2.53. The highest BCUT2D eigenvalue weighted by atomic mass is 16.2. The van der Waals surface area contributed by atoms with Gasteiger partial charge in [-0.05, 0) is 138 Å². The Bertz CT molecular complexity index is 2790. The van der Waals surface area contributed by atoms with Gasteiger partial charge in [-0.15, -0.1) is 0 Å². The van der Waals surface area contributed by atoms with E-state index in [0.717, 1.165) is 115 Å². The number of imidazole rings is 1. The SMILES string of the molecule is CC(C)n1cnc2cc(-c3ccc4c(c3)N([C@H]3C[C@@H](N5CCCCC5)C3)C(=O)C43CCN(C(=O)[C@H]4CN(C(=O)C5CCN(c6ccc(C7CCC(=O)NC7=O)cc6)CC5)CC4(C)C)CC3)nc(NC3CC3)c21. The minimum absolute atomic E-state index is 0.0963. The van der Waals surface area contributed by atoms with E-state index in [9.17, 15) is 19.2 Å². The fraction of sp³-hybridized carbons (Fsp3) is 0.596. The second-order valence-corrected chi connectivity index (χ2v) is 23.7. The number of imide groups is 1. The van der Waals surface area contributed by atoms with Gasteiger partial charge in [0.25, 0.3) is 0 Å². The Hall–Kier alpha value is -5.83. The first kappa shape index (κ1) is 47.2. The lowest BCUT2D eigenvalue weighted by molar-refractivity contribution is -0.141. The van der Waals surface area contributed by atoms with Crippen molar-refractivity contribution in [1.29, 1.82) is 0 Å². The number of nitrogens with one attached hydrogen (secondary N) is 2. The average molecular weight is 977 g/mol. The number of nitrogens with zero attached hydrogens (tertiary/aromatic N) is 8. The van der Waals surface area contributed by atoms with Gasteiger partial charge in [0, 0.05) is 92.7 Å². The average Bonchev–Trinajstić information content (AvgIpc) is 3.91. The van der Waals surface area contributed by atoms with E-state index < -0.39 is 5.41 Å². The summed E-state index contributed by atoms with van der Waals surface area (Å²) < 4.78 is 2.20. The minimum atomic E-state index is -0.704. The summed E-state index contributed by atoms with van der Waals surface area (Å²) in [5.41, 5.74) is 6.75. The molecule has 2 atom stereocenters. The highest BCUT2D eigenvalue weighted by Gasteiger charge is 2.57. The first-order valence-electron chi connectivity index (χ1n) is 27.4. The fourth-order valence-corrected chi connectivity index (χ4v) is 13.7. The van der Waals surface area contributed by atoms with E-state index in [0.29, 0.717) is 63.9 Å². The molecule has 2 saturated carbocycles. The van der Waals surface area contributed by atoms with Crippen LogP contribution in [0.5, 0.6) is 0 Å². The molecule has 7 fully saturated rings. The predicted molar refractivity (Wildman–Crippen MR) is 278 cm³/mol. The zero-order chi connectivity index (χ0) is 49.6. The molecule has 380 valence electrons. The summed E-state index contributed by atoms with van der Waals surface area (Å²) in [6.45, 7) is 14.4. The number of aromatic nitrogens is 3. The first-order chi connectivity index (χ1) is 34.7. The van der Waals surface area contributed by atoms with Gasteiger partial charge >= 0.3 is 0 Å². The maximum absolute atomic E-state index is 15.3. The Balaban J connectivity index is 0.731. The second-order valence-electron chi connectivity index (χ2n) is 23.7. The van der Waals surface area contributed by atoms with Crippen LogP contribution in [-0.2, 0) is 29.4 Å². The number of amides is 5. The molecule has 8 aliphatic rings. The molecular weight excluding hydrogens is 905 g/mol. The van der Waals surface area contributed by atoms with Crippen molar-refractivity contribution in [3.63, 3.8) is 0 Å². The molecule has 5 saturated heterocycles. The number of likely N-dealkylation sites (tertiary alicyclic amines) is 3. The van der Waals surface area contributed by atoms with Crippen molar-refractivity contribution in [2.75, 3.05) is 67.5 Å². The quantitative estimate of drug-likeness (QED) is 0.154. The van der Waals surface area contributed by atoms with Gasteiger partial charge in [0.05, 0.1) is 34.8 Å². The van der Waals surface area contributed by atoms with Crippen molar-refractivity contribution in [3.8, 4) is 11.3 Å². The number of hydrogen-bond acceptors (Lipinski definition) is 10. The first-order valence-corrected chi connectivity index (χ1v) is 27.4. The van der Waals surface area contributed by atoms with Crippen molar-refractivity contribution < 1.29 is 24.0 Å². The van der Waals surface area contributed by atoms with Crippen LogP contribution in [0.15, 0.2) is 54.9 Å². The van der Waals surface area contributed by atoms with Gasteiger partial charge in [-0.1, -0.05) is 44.5 Å². The molecule has 72 heavy (non-hydrogen) atoms. The number of rotatable bonds is 10. The standard InChI is InChI=1S/C57H72N10O5/c1-35(2)66-34-58-47-31-46(60-51(50(47)66)59-39-11-12-39)38-10-16-44-48(28-38)67(42-29-41(30-42)62-22-6-5-7-23-62)55(72)57(44)20-26-64(27-21-57)54(71)45-32-65(33-56(45,3)4)53(70)37-18-24-63(25-19-37)40-13-8-36(9-14-40)43-15-17-49(68)61-52(43)69/h8-10,13-14,16,28,31,34-35,37,39,41-43,45H,5-7,11-12,15,17-27,29-30,32-33H2,1-4H3,(H,59,60)(H,61,68,69)/t41-,42+,43?,45-/m1/s1. The number of fused-ring (bicyclic) bond motifs is 3. The topological polar surface area (TPSA) is 156 Å². The number of piperidine rings is 4. The third kappa shape index (κ3) is 8.35. The number of hydrogen-bond donors (Lipinski definition) is 2. The molecule has 2 aromatic heterocycles. The highest BCUT2D eigenvalue weighted by molar-refractivity contribution is 6.09. The fourth-order valence-electron chi connectivity index (χ4n) is 13.7. The molecule has 2 aromatic carbocycles. The summed E-state index contributed by atoms with van der Waals surface area (Å²) in [5, 5.41) is 6.17. The van der Waals surface area contributed by atoms with Crippen LogP contribution in [0.2, 0.25) is 0 Å². The van der Waals surface area contributed by atoms with Crippen LogP contribution in [0.25, 0.3) is 22.3 Å². The van der Waals surface area contributed by atoms with Gasteiger partial charge in [-0.3, -0.25) is 29.3 Å². The monoisotopic (exact) mass is 977 g/mol. The maximum Gasteiger partial charge on any atom is 0.238 e. The zero-order valence-corrected chi connectivity index (χ0v) is 42.7. The van der Waals surface area contributed by atoms with E-state index in [1.54, 1.807) is 0 Å². The van der Waals surface area contributed by atoms with Crippen LogP contribution in [0, 0.1) is 17.3 Å². The van der Waals surface area contributed by atoms with E-state index in [4.69, 9.17) is 9.97 Å². The zero-order valence-electron chi connectivity index (χ0n) is 42.7. The summed E-state index contributed by atoms with van der Waals surface area (Å²) in [5.74, 6) is 0.120. The summed E-state index contributed by atoms with van der Waals surface area (Å²) in [4.78, 5) is 89.6. The Kier molecular flexibility index (Phi) is 12.0. The smallest absolute Gasteiger partial charge is 0.238 e. The van der Waals surface area contributed by atoms with Gasteiger partial charge < -0.3 is 34.4 Å². The van der Waals surface area contributed by atoms with Crippen molar-refractivity contribution >= 4 is 57.8 Å². The lowest BCUT2D eigenvalue weighted by Crippen LogP contribution is -2.58. The van der Waals surface area contributed by atoms with Crippen LogP contribution >= 0.6 is 0 Å². The lowest BCUT2D eigenvalue weighted by Gasteiger charge is -2.48. The Labute approximate surface area is 423 Å². The molecule has 6 aliphatic heterocycles. The van der Waals surface area contributed by atoms with Crippen LogP contribution in [0.4, 0.5) is 17.2 Å². The number of carbonyl (C=O) groups is 5. The molecule has 15 nitrogen and oxygen atoms in total. The summed E-state index contributed by atoms with van der Waals surface area (Å²) >= 11 is 0. The van der Waals surface area contributed by atoms with E-state index in [2.05, 4.69) is 81.9 Å². The van der Waals surface area contributed by atoms with Crippen LogP contribution in [0.1, 0.15) is 134 Å². The molecule has 12 rings (SSSR count). The largest absolute Gasteiger partial charge is 0.371 e. The normalized spacial score (nSPS) is 26.7. The molecule has 0 bridgehead atoms. The summed E-state index contributed by atoms with van der Waals surface area (Å²) in [7, 11) is 0. The molecule has 5 amide bonds. The van der Waals surface area contributed by atoms with Crippen molar-refractivity contribution in [3.05, 3.63) is 66.0 Å². The van der Waals surface area contributed by atoms with E-state index in [-0.39, 0.29) is 64.8 Å². The molecule has 1 spiro atoms. The number of benzene rings is 2. The van der Waals surface area contributed by atoms with E-state index in [1.165, 1.54) is 19.3 Å². The molecule has 4 aromatic rings. The van der Waals surface area contributed by atoms with Crippen LogP contribution < -0.4 is 20.4 Å². The van der Waals surface area contributed by atoms with Gasteiger partial charge in [-0.25, -0.2) is 9.97 Å². The van der Waals surface area contributed by atoms with E-state index in [1.807, 2.05) is 40.4 Å². The lowest BCUT2D eigenvalue weighted by atomic mass is 9.72. The molecule has 1 unspecified atom stereocenters. The number of carbonyl (C=O) groups excluding carboxylic acids is 5. The van der Waals surface area contributed by atoms with Crippen LogP contribution in [0.3, 0.4) is 0 Å². The molecule has 8 heterocycles. The minimum Gasteiger partial charge on any atom is -0.371 e. The Morgan fingerprint density at radius 2 is 1.54 bits per heavy atom. The van der Waals surface area contributed by atoms with Gasteiger partial charge in [0.1, 0.15) is 5.52 Å². The number of anilines is 3. The van der Waals surface area contributed by atoms with Gasteiger partial charge in [-0.2, -0.15) is 0 Å². The molecular formula is C57H72N10O5. The van der Waals surface area contributed by atoms with Crippen molar-refractivity contribution in [1.82, 2.24) is 34.6 Å². The van der Waals surface area contributed by atoms with E-state index >= 15 is 4.79 Å².